The number of rotatable bonds is 5. The molecule has 5 nitrogen and oxygen atoms in total. The molecule has 122 valence electrons. The Morgan fingerprint density at radius 2 is 2.05 bits per heavy atom. The van der Waals surface area contributed by atoms with E-state index < -0.39 is 28.1 Å². The van der Waals surface area contributed by atoms with E-state index in [-0.39, 0.29) is 16.5 Å². The molecule has 1 aromatic rings. The lowest BCUT2D eigenvalue weighted by Gasteiger charge is -2.15. The molecule has 0 unspecified atom stereocenters. The van der Waals surface area contributed by atoms with Gasteiger partial charge in [0.25, 0.3) is 5.91 Å². The highest BCUT2D eigenvalue weighted by Gasteiger charge is 2.28. The van der Waals surface area contributed by atoms with E-state index in [2.05, 4.69) is 10.0 Å². The van der Waals surface area contributed by atoms with Crippen molar-refractivity contribution in [2.75, 3.05) is 0 Å². The van der Waals surface area contributed by atoms with Gasteiger partial charge in [0.1, 0.15) is 6.17 Å². The summed E-state index contributed by atoms with van der Waals surface area (Å²) in [5.41, 5.74) is 0.214. The monoisotopic (exact) mass is 328 g/mol. The van der Waals surface area contributed by atoms with Crippen LogP contribution in [0, 0.1) is 0 Å². The van der Waals surface area contributed by atoms with Gasteiger partial charge in [-0.1, -0.05) is 6.07 Å². The fourth-order valence-electron chi connectivity index (χ4n) is 2.51. The maximum absolute atomic E-state index is 13.6. The first-order valence-electron chi connectivity index (χ1n) is 7.37. The molecule has 1 fully saturated rings. The molecule has 0 saturated heterocycles. The van der Waals surface area contributed by atoms with Crippen molar-refractivity contribution in [3.63, 3.8) is 0 Å². The molecule has 0 spiro atoms. The molecule has 2 rings (SSSR count). The van der Waals surface area contributed by atoms with Crippen LogP contribution >= 0.6 is 0 Å². The number of halogens is 1. The van der Waals surface area contributed by atoms with E-state index >= 15 is 0 Å². The highest BCUT2D eigenvalue weighted by atomic mass is 32.2. The number of alkyl halides is 1. The Bertz CT molecular complexity index is 646. The van der Waals surface area contributed by atoms with E-state index in [1.807, 2.05) is 0 Å². The molecule has 1 aromatic carbocycles. The summed E-state index contributed by atoms with van der Waals surface area (Å²) in [4.78, 5) is 12.2. The summed E-state index contributed by atoms with van der Waals surface area (Å²) in [7, 11) is -3.66. The lowest BCUT2D eigenvalue weighted by atomic mass is 10.1. The third-order valence-electron chi connectivity index (χ3n) is 3.55. The quantitative estimate of drug-likeness (QED) is 0.868. The second kappa shape index (κ2) is 6.75. The first-order valence-corrected chi connectivity index (χ1v) is 8.85. The minimum atomic E-state index is -3.66. The Morgan fingerprint density at radius 1 is 1.32 bits per heavy atom. The summed E-state index contributed by atoms with van der Waals surface area (Å²) in [6.45, 7) is 3.44. The van der Waals surface area contributed by atoms with Crippen LogP contribution in [0.3, 0.4) is 0 Å². The van der Waals surface area contributed by atoms with Crippen LogP contribution in [0.15, 0.2) is 29.2 Å². The Hall–Kier alpha value is -1.47. The molecule has 0 bridgehead atoms. The van der Waals surface area contributed by atoms with Crippen molar-refractivity contribution in [1.29, 1.82) is 0 Å². The number of sulfonamides is 1. The molecule has 2 N–H and O–H groups in total. The molecule has 1 amide bonds. The highest BCUT2D eigenvalue weighted by Crippen LogP contribution is 2.22. The molecule has 0 aliphatic heterocycles. The van der Waals surface area contributed by atoms with Gasteiger partial charge in [0, 0.05) is 11.6 Å². The molecular formula is C15H21FN2O3S. The third kappa shape index (κ3) is 4.04. The van der Waals surface area contributed by atoms with Crippen molar-refractivity contribution in [1.82, 2.24) is 10.0 Å². The number of hydrogen-bond donors (Lipinski definition) is 2. The van der Waals surface area contributed by atoms with Crippen LogP contribution in [0.5, 0.6) is 0 Å². The van der Waals surface area contributed by atoms with Gasteiger partial charge in [0.05, 0.1) is 10.9 Å². The van der Waals surface area contributed by atoms with Crippen LogP contribution in [0.4, 0.5) is 4.39 Å². The molecule has 0 radical (unpaired) electrons. The number of hydrogen-bond acceptors (Lipinski definition) is 3. The molecule has 2 atom stereocenters. The number of nitrogens with one attached hydrogen (secondary N) is 2. The second-order valence-corrected chi connectivity index (χ2v) is 7.54. The van der Waals surface area contributed by atoms with E-state index in [0.717, 1.165) is 6.42 Å². The Morgan fingerprint density at radius 3 is 2.64 bits per heavy atom. The summed E-state index contributed by atoms with van der Waals surface area (Å²) in [6.07, 6.45) is 0.787. The predicted molar refractivity (Wildman–Crippen MR) is 81.9 cm³/mol. The minimum absolute atomic E-state index is 0.0251. The van der Waals surface area contributed by atoms with Crippen LogP contribution in [0.2, 0.25) is 0 Å². The lowest BCUT2D eigenvalue weighted by molar-refractivity contribution is 0.0919. The smallest absolute Gasteiger partial charge is 0.251 e. The van der Waals surface area contributed by atoms with E-state index in [9.17, 15) is 17.6 Å². The van der Waals surface area contributed by atoms with Gasteiger partial charge in [0.2, 0.25) is 10.0 Å². The van der Waals surface area contributed by atoms with E-state index in [1.54, 1.807) is 13.8 Å². The zero-order chi connectivity index (χ0) is 16.3. The van der Waals surface area contributed by atoms with Crippen molar-refractivity contribution in [3.05, 3.63) is 29.8 Å². The fraction of sp³-hybridized carbons (Fsp3) is 0.533. The summed E-state index contributed by atoms with van der Waals surface area (Å²) in [5, 5.41) is 2.64. The number of benzene rings is 1. The highest BCUT2D eigenvalue weighted by molar-refractivity contribution is 7.89. The van der Waals surface area contributed by atoms with Gasteiger partial charge >= 0.3 is 0 Å². The summed E-state index contributed by atoms with van der Waals surface area (Å²) in [6, 6.07) is 5.03. The maximum Gasteiger partial charge on any atom is 0.251 e. The standard InChI is InChI=1S/C15H21FN2O3S/c1-10(2)18-22(20,21)12-6-3-5-11(9-12)15(19)17-14-8-4-7-13(14)16/h3,5-6,9-10,13-14,18H,4,7-8H2,1-2H3,(H,17,19)/t13-,14+/m1/s1. The number of carbonyl (C=O) groups excluding carboxylic acids is 1. The van der Waals surface area contributed by atoms with Crippen LogP contribution in [-0.2, 0) is 10.0 Å². The zero-order valence-electron chi connectivity index (χ0n) is 12.7. The maximum atomic E-state index is 13.6. The first kappa shape index (κ1) is 16.9. The Kier molecular flexibility index (Phi) is 5.18. The van der Waals surface area contributed by atoms with E-state index in [0.29, 0.717) is 12.8 Å². The second-order valence-electron chi connectivity index (χ2n) is 5.83. The Labute approximate surface area is 130 Å². The minimum Gasteiger partial charge on any atom is -0.346 e. The summed E-state index contributed by atoms with van der Waals surface area (Å²) in [5.74, 6) is -0.448. The van der Waals surface area contributed by atoms with Crippen LogP contribution in [0.25, 0.3) is 0 Å². The predicted octanol–water partition coefficient (Wildman–Crippen LogP) is 1.99. The van der Waals surface area contributed by atoms with Gasteiger partial charge in [0.15, 0.2) is 0 Å². The average Bonchev–Trinajstić information content (AvgIpc) is 2.83. The summed E-state index contributed by atoms with van der Waals surface area (Å²) >= 11 is 0. The fourth-order valence-corrected chi connectivity index (χ4v) is 3.81. The van der Waals surface area contributed by atoms with Crippen molar-refractivity contribution in [3.8, 4) is 0 Å². The molecule has 0 heterocycles. The van der Waals surface area contributed by atoms with Gasteiger partial charge in [-0.3, -0.25) is 4.79 Å². The van der Waals surface area contributed by atoms with Crippen LogP contribution < -0.4 is 10.0 Å². The van der Waals surface area contributed by atoms with Gasteiger partial charge in [-0.25, -0.2) is 17.5 Å². The first-order chi connectivity index (χ1) is 10.3. The van der Waals surface area contributed by atoms with E-state index in [1.165, 1.54) is 24.3 Å². The van der Waals surface area contributed by atoms with Crippen molar-refractivity contribution in [2.45, 2.75) is 56.3 Å². The van der Waals surface area contributed by atoms with Crippen molar-refractivity contribution < 1.29 is 17.6 Å². The summed E-state index contributed by atoms with van der Waals surface area (Å²) < 4.78 is 40.2. The molecule has 1 aliphatic carbocycles. The molecular weight excluding hydrogens is 307 g/mol. The van der Waals surface area contributed by atoms with Gasteiger partial charge in [-0.15, -0.1) is 0 Å². The molecule has 1 saturated carbocycles. The zero-order valence-corrected chi connectivity index (χ0v) is 13.5. The topological polar surface area (TPSA) is 75.3 Å². The average molecular weight is 328 g/mol. The number of amides is 1. The molecule has 22 heavy (non-hydrogen) atoms. The molecule has 0 aromatic heterocycles. The molecule has 7 heteroatoms. The van der Waals surface area contributed by atoms with Crippen molar-refractivity contribution >= 4 is 15.9 Å². The lowest BCUT2D eigenvalue weighted by Crippen LogP contribution is -2.38. The van der Waals surface area contributed by atoms with Crippen molar-refractivity contribution in [2.24, 2.45) is 0 Å². The van der Waals surface area contributed by atoms with Crippen LogP contribution in [-0.4, -0.2) is 32.6 Å². The SMILES string of the molecule is CC(C)NS(=O)(=O)c1cccc(C(=O)N[C@H]2CCC[C@H]2F)c1. The largest absolute Gasteiger partial charge is 0.346 e. The molecule has 1 aliphatic rings. The van der Waals surface area contributed by atoms with Gasteiger partial charge in [-0.05, 0) is 51.3 Å². The normalized spacial score (nSPS) is 22.0. The number of carbonyl (C=O) groups is 1. The van der Waals surface area contributed by atoms with Gasteiger partial charge in [-0.2, -0.15) is 0 Å². The Balaban J connectivity index is 2.16. The van der Waals surface area contributed by atoms with Crippen LogP contribution in [0.1, 0.15) is 43.5 Å². The third-order valence-corrected chi connectivity index (χ3v) is 5.20. The van der Waals surface area contributed by atoms with Gasteiger partial charge < -0.3 is 5.32 Å². The van der Waals surface area contributed by atoms with E-state index in [4.69, 9.17) is 0 Å².